The fraction of sp³-hybridized carbons (Fsp3) is 0.778. The molecule has 0 spiro atoms. The number of ether oxygens (including phenoxy) is 1. The highest BCUT2D eigenvalue weighted by Gasteiger charge is 2.55. The van der Waals surface area contributed by atoms with Gasteiger partial charge in [-0.2, -0.15) is 0 Å². The van der Waals surface area contributed by atoms with Crippen LogP contribution in [0.25, 0.3) is 0 Å². The first-order valence-corrected chi connectivity index (χ1v) is 12.6. The molecule has 2 saturated carbocycles. The van der Waals surface area contributed by atoms with E-state index in [9.17, 15) is 5.11 Å². The molecule has 4 rings (SSSR count). The van der Waals surface area contributed by atoms with E-state index in [2.05, 4.69) is 38.7 Å². The fourth-order valence-corrected chi connectivity index (χ4v) is 7.61. The summed E-state index contributed by atoms with van der Waals surface area (Å²) in [7, 11) is 0. The Labute approximate surface area is 184 Å². The van der Waals surface area contributed by atoms with E-state index in [1.165, 1.54) is 37.7 Å². The molecule has 0 radical (unpaired) electrons. The lowest BCUT2D eigenvalue weighted by Gasteiger charge is -2.53. The van der Waals surface area contributed by atoms with Crippen molar-refractivity contribution in [1.29, 1.82) is 0 Å². The Morgan fingerprint density at radius 1 is 1.13 bits per heavy atom. The monoisotopic (exact) mass is 413 g/mol. The molecule has 0 aliphatic heterocycles. The number of rotatable bonds is 8. The maximum absolute atomic E-state index is 9.96. The molecular weight excluding hydrogens is 370 g/mol. The maximum Gasteiger partial charge on any atom is 0.115 e. The molecule has 0 heterocycles. The molecule has 0 unspecified atom stereocenters. The van der Waals surface area contributed by atoms with Crippen molar-refractivity contribution in [1.82, 2.24) is 4.90 Å². The normalized spacial score (nSPS) is 35.2. The van der Waals surface area contributed by atoms with E-state index in [0.29, 0.717) is 17.1 Å². The first kappa shape index (κ1) is 22.1. The Balaban J connectivity index is 1.38. The molecule has 3 heteroatoms. The lowest BCUT2D eigenvalue weighted by Crippen LogP contribution is -2.45. The second kappa shape index (κ2) is 9.20. The van der Waals surface area contributed by atoms with Gasteiger partial charge in [-0.25, -0.2) is 0 Å². The molecule has 3 nitrogen and oxygen atoms in total. The summed E-state index contributed by atoms with van der Waals surface area (Å²) < 4.78 is 6.07. The molecule has 0 amide bonds. The molecule has 0 saturated heterocycles. The van der Waals surface area contributed by atoms with Crippen LogP contribution in [0.3, 0.4) is 0 Å². The van der Waals surface area contributed by atoms with Crippen LogP contribution in [0.4, 0.5) is 0 Å². The predicted molar refractivity (Wildman–Crippen MR) is 124 cm³/mol. The third kappa shape index (κ3) is 4.05. The van der Waals surface area contributed by atoms with Crippen molar-refractivity contribution >= 4 is 0 Å². The van der Waals surface area contributed by atoms with Crippen LogP contribution in [0.2, 0.25) is 0 Å². The molecule has 6 atom stereocenters. The van der Waals surface area contributed by atoms with E-state index >= 15 is 0 Å². The van der Waals surface area contributed by atoms with Crippen LogP contribution in [0.5, 0.6) is 5.75 Å². The summed E-state index contributed by atoms with van der Waals surface area (Å²) in [4.78, 5) is 2.44. The van der Waals surface area contributed by atoms with E-state index in [1.54, 1.807) is 5.56 Å². The van der Waals surface area contributed by atoms with Crippen molar-refractivity contribution in [2.75, 3.05) is 32.8 Å². The summed E-state index contributed by atoms with van der Waals surface area (Å²) in [6, 6.07) is 6.17. The third-order valence-corrected chi connectivity index (χ3v) is 9.31. The Morgan fingerprint density at radius 2 is 1.93 bits per heavy atom. The number of hydrogen-bond donors (Lipinski definition) is 1. The van der Waals surface area contributed by atoms with E-state index in [1.807, 2.05) is 12.1 Å². The molecule has 3 aliphatic carbocycles. The third-order valence-electron chi connectivity index (χ3n) is 9.31. The number of benzene rings is 1. The predicted octanol–water partition coefficient (Wildman–Crippen LogP) is 5.86. The smallest absolute Gasteiger partial charge is 0.115 e. The van der Waals surface area contributed by atoms with Gasteiger partial charge in [0, 0.05) is 13.2 Å². The van der Waals surface area contributed by atoms with Crippen molar-refractivity contribution in [3.05, 3.63) is 29.3 Å². The van der Waals surface area contributed by atoms with Crippen LogP contribution in [0, 0.1) is 29.1 Å². The zero-order chi connectivity index (χ0) is 21.3. The average molecular weight is 414 g/mol. The summed E-state index contributed by atoms with van der Waals surface area (Å²) in [5.74, 6) is 4.35. The van der Waals surface area contributed by atoms with Crippen molar-refractivity contribution in [2.24, 2.45) is 29.1 Å². The molecule has 168 valence electrons. The van der Waals surface area contributed by atoms with Crippen molar-refractivity contribution in [3.8, 4) is 5.75 Å². The van der Waals surface area contributed by atoms with Gasteiger partial charge in [0.15, 0.2) is 0 Å². The van der Waals surface area contributed by atoms with Gasteiger partial charge in [0.25, 0.3) is 0 Å². The van der Waals surface area contributed by atoms with Crippen LogP contribution >= 0.6 is 0 Å². The highest BCUT2D eigenvalue weighted by Crippen LogP contribution is 2.64. The van der Waals surface area contributed by atoms with E-state index in [0.717, 1.165) is 62.9 Å². The average Bonchev–Trinajstić information content (AvgIpc) is 3.06. The van der Waals surface area contributed by atoms with Gasteiger partial charge in [0.2, 0.25) is 0 Å². The molecule has 1 aromatic carbocycles. The van der Waals surface area contributed by atoms with Gasteiger partial charge in [0.05, 0.1) is 6.61 Å². The summed E-state index contributed by atoms with van der Waals surface area (Å²) >= 11 is 0. The first-order valence-electron chi connectivity index (χ1n) is 12.6. The molecule has 2 fully saturated rings. The number of phenols is 1. The van der Waals surface area contributed by atoms with Gasteiger partial charge in [0.1, 0.15) is 5.75 Å². The van der Waals surface area contributed by atoms with Crippen molar-refractivity contribution in [3.63, 3.8) is 0 Å². The van der Waals surface area contributed by atoms with E-state index in [-0.39, 0.29) is 0 Å². The van der Waals surface area contributed by atoms with E-state index < -0.39 is 0 Å². The Morgan fingerprint density at radius 3 is 2.70 bits per heavy atom. The second-order valence-electron chi connectivity index (χ2n) is 10.6. The summed E-state index contributed by atoms with van der Waals surface area (Å²) in [5, 5.41) is 9.96. The zero-order valence-electron chi connectivity index (χ0n) is 19.7. The quantitative estimate of drug-likeness (QED) is 0.542. The fourth-order valence-electron chi connectivity index (χ4n) is 7.61. The summed E-state index contributed by atoms with van der Waals surface area (Å²) in [6.07, 6.45) is 7.84. The summed E-state index contributed by atoms with van der Waals surface area (Å²) in [6.45, 7) is 14.6. The van der Waals surface area contributed by atoms with Gasteiger partial charge in [-0.1, -0.05) is 33.8 Å². The van der Waals surface area contributed by atoms with Crippen LogP contribution < -0.4 is 0 Å². The Kier molecular flexibility index (Phi) is 6.79. The van der Waals surface area contributed by atoms with E-state index in [4.69, 9.17) is 4.74 Å². The SMILES string of the molecule is CCN(CC)CCOCC[C@H]1CC[C@H]2[C@@H]3[C@H](C)Cc4cc(O)ccc4[C@H]3CC[C@]12C. The minimum Gasteiger partial charge on any atom is -0.508 e. The summed E-state index contributed by atoms with van der Waals surface area (Å²) in [5.41, 5.74) is 3.44. The zero-order valence-corrected chi connectivity index (χ0v) is 19.7. The number of aromatic hydroxyl groups is 1. The van der Waals surface area contributed by atoms with Crippen molar-refractivity contribution in [2.45, 2.75) is 72.1 Å². The van der Waals surface area contributed by atoms with Gasteiger partial charge in [-0.05, 0) is 110 Å². The Bertz CT molecular complexity index is 715. The molecule has 0 bridgehead atoms. The number of likely N-dealkylation sites (N-methyl/N-ethyl adjacent to an activating group) is 1. The molecule has 30 heavy (non-hydrogen) atoms. The minimum absolute atomic E-state index is 0.432. The number of nitrogens with zero attached hydrogens (tertiary/aromatic N) is 1. The number of hydrogen-bond acceptors (Lipinski definition) is 3. The topological polar surface area (TPSA) is 32.7 Å². The standard InChI is InChI=1S/C27H43NO2/c1-5-28(6-2)14-16-30-15-12-21-7-10-25-26-19(3)17-20-18-22(29)8-9-23(20)24(26)11-13-27(21,25)4/h8-9,18-19,21,24-26,29H,5-7,10-17H2,1-4H3/t19-,21-,24-,25+,26-,27-/m1/s1. The molecule has 0 aromatic heterocycles. The molecule has 1 aromatic rings. The molecule has 1 N–H and O–H groups in total. The first-order chi connectivity index (χ1) is 14.5. The van der Waals surface area contributed by atoms with Gasteiger partial charge in [-0.15, -0.1) is 0 Å². The van der Waals surface area contributed by atoms with Crippen LogP contribution in [0.1, 0.15) is 76.8 Å². The minimum atomic E-state index is 0.432. The van der Waals surface area contributed by atoms with Gasteiger partial charge >= 0.3 is 0 Å². The van der Waals surface area contributed by atoms with Crippen LogP contribution in [-0.4, -0.2) is 42.9 Å². The second-order valence-corrected chi connectivity index (χ2v) is 10.6. The highest BCUT2D eigenvalue weighted by molar-refractivity contribution is 5.40. The number of phenolic OH excluding ortho intramolecular Hbond substituents is 1. The van der Waals surface area contributed by atoms with Crippen LogP contribution in [-0.2, 0) is 11.2 Å². The lowest BCUT2D eigenvalue weighted by atomic mass is 9.51. The van der Waals surface area contributed by atoms with Gasteiger partial charge < -0.3 is 14.7 Å². The largest absolute Gasteiger partial charge is 0.508 e. The Hall–Kier alpha value is -1.06. The lowest BCUT2D eigenvalue weighted by molar-refractivity contribution is -0.00512. The highest BCUT2D eigenvalue weighted by atomic mass is 16.5. The van der Waals surface area contributed by atoms with Gasteiger partial charge in [-0.3, -0.25) is 0 Å². The molecular formula is C27H43NO2. The van der Waals surface area contributed by atoms with Crippen molar-refractivity contribution < 1.29 is 9.84 Å². The maximum atomic E-state index is 9.96. The molecule has 3 aliphatic rings. The number of fused-ring (bicyclic) bond motifs is 5. The van der Waals surface area contributed by atoms with Crippen LogP contribution in [0.15, 0.2) is 18.2 Å².